The number of fused-ring (bicyclic) bond motifs is 1. The largest absolute Gasteiger partial charge is 0.507 e. The van der Waals surface area contributed by atoms with Crippen LogP contribution in [0, 0.1) is 0 Å². The second-order valence-corrected chi connectivity index (χ2v) is 9.77. The maximum atomic E-state index is 13.1. The molecule has 0 saturated heterocycles. The van der Waals surface area contributed by atoms with E-state index in [4.69, 9.17) is 23.4 Å². The molecule has 1 N–H and O–H groups in total. The fraction of sp³-hybridized carbons (Fsp3) is 0.370. The maximum absolute atomic E-state index is 13.1. The Kier molecular flexibility index (Phi) is 7.92. The summed E-state index contributed by atoms with van der Waals surface area (Å²) in [6.45, 7) is 9.19. The monoisotopic (exact) mass is 498 g/mol. The number of carbonyl (C=O) groups excluding carboxylic acids is 2. The summed E-state index contributed by atoms with van der Waals surface area (Å²) < 4.78 is 26.9. The summed E-state index contributed by atoms with van der Waals surface area (Å²) in [5, 5.41) is 10.5. The lowest BCUT2D eigenvalue weighted by atomic mass is 10.0. The maximum Gasteiger partial charge on any atom is 0.344 e. The quantitative estimate of drug-likeness (QED) is 0.315. The van der Waals surface area contributed by atoms with Crippen molar-refractivity contribution in [3.8, 4) is 28.4 Å². The molecule has 0 aliphatic rings. The average Bonchev–Trinajstić information content (AvgIpc) is 2.77. The molecule has 0 bridgehead atoms. The van der Waals surface area contributed by atoms with E-state index in [1.165, 1.54) is 18.4 Å². The van der Waals surface area contributed by atoms with Gasteiger partial charge in [0.15, 0.2) is 6.61 Å². The van der Waals surface area contributed by atoms with Gasteiger partial charge in [-0.15, -0.1) is 0 Å². The van der Waals surface area contributed by atoms with Gasteiger partial charge in [-0.05, 0) is 52.3 Å². The van der Waals surface area contributed by atoms with Crippen LogP contribution in [0.4, 0.5) is 0 Å². The Labute approximate surface area is 208 Å². The second kappa shape index (κ2) is 10.7. The molecule has 0 amide bonds. The number of hydrogen-bond donors (Lipinski definition) is 1. The first kappa shape index (κ1) is 26.6. The van der Waals surface area contributed by atoms with Gasteiger partial charge in [0.2, 0.25) is 5.43 Å². The summed E-state index contributed by atoms with van der Waals surface area (Å²) in [4.78, 5) is 35.5. The van der Waals surface area contributed by atoms with Crippen molar-refractivity contribution in [2.24, 2.45) is 0 Å². The van der Waals surface area contributed by atoms with Gasteiger partial charge in [0.1, 0.15) is 45.7 Å². The van der Waals surface area contributed by atoms with Crippen LogP contribution in [0.5, 0.6) is 17.2 Å². The van der Waals surface area contributed by atoms with Crippen LogP contribution in [0.25, 0.3) is 22.1 Å². The number of phenols is 1. The molecule has 3 aromatic rings. The zero-order valence-corrected chi connectivity index (χ0v) is 21.0. The summed E-state index contributed by atoms with van der Waals surface area (Å²) in [6, 6.07) is 9.40. The fourth-order valence-corrected chi connectivity index (χ4v) is 3.34. The van der Waals surface area contributed by atoms with Gasteiger partial charge in [-0.25, -0.2) is 4.79 Å². The molecule has 0 atom stereocenters. The van der Waals surface area contributed by atoms with E-state index in [0.717, 1.165) is 0 Å². The predicted molar refractivity (Wildman–Crippen MR) is 132 cm³/mol. The molecular formula is C27H30O9. The first-order valence-electron chi connectivity index (χ1n) is 11.4. The second-order valence-electron chi connectivity index (χ2n) is 9.77. The Hall–Kier alpha value is -4.01. The average molecular weight is 499 g/mol. The van der Waals surface area contributed by atoms with E-state index in [2.05, 4.69) is 0 Å². The molecule has 0 aliphatic carbocycles. The van der Waals surface area contributed by atoms with E-state index in [0.29, 0.717) is 30.0 Å². The van der Waals surface area contributed by atoms with Crippen LogP contribution in [0.1, 0.15) is 41.0 Å². The SMILES string of the molecule is CC(C)(C)OC(=O)COc1ccc(-c2coc3cc(OCCC(C)(C)OC=O)cc(O)c3c2=O)cc1. The number of rotatable bonds is 10. The molecule has 0 saturated carbocycles. The summed E-state index contributed by atoms with van der Waals surface area (Å²) in [6.07, 6.45) is 1.73. The smallest absolute Gasteiger partial charge is 0.344 e. The van der Waals surface area contributed by atoms with Crippen LogP contribution < -0.4 is 14.9 Å². The van der Waals surface area contributed by atoms with Gasteiger partial charge in [-0.1, -0.05) is 12.1 Å². The molecule has 1 heterocycles. The highest BCUT2D eigenvalue weighted by Crippen LogP contribution is 2.31. The summed E-state index contributed by atoms with van der Waals surface area (Å²) in [7, 11) is 0. The van der Waals surface area contributed by atoms with Crippen LogP contribution in [-0.2, 0) is 19.1 Å². The Morgan fingerprint density at radius 1 is 1.03 bits per heavy atom. The molecule has 0 spiro atoms. The van der Waals surface area contributed by atoms with Crippen molar-refractivity contribution in [1.82, 2.24) is 0 Å². The molecule has 0 aliphatic heterocycles. The molecule has 9 heteroatoms. The lowest BCUT2D eigenvalue weighted by molar-refractivity contribution is -0.157. The zero-order valence-electron chi connectivity index (χ0n) is 21.0. The lowest BCUT2D eigenvalue weighted by Crippen LogP contribution is -2.27. The van der Waals surface area contributed by atoms with Crippen molar-refractivity contribution < 1.29 is 38.1 Å². The normalized spacial score (nSPS) is 11.7. The summed E-state index contributed by atoms with van der Waals surface area (Å²) in [5.74, 6) is -0.0252. The Morgan fingerprint density at radius 2 is 1.72 bits per heavy atom. The van der Waals surface area contributed by atoms with Crippen molar-refractivity contribution in [3.05, 3.63) is 52.9 Å². The highest BCUT2D eigenvalue weighted by molar-refractivity contribution is 5.88. The van der Waals surface area contributed by atoms with Crippen LogP contribution in [0.15, 0.2) is 51.9 Å². The highest BCUT2D eigenvalue weighted by atomic mass is 16.6. The van der Waals surface area contributed by atoms with Gasteiger partial charge in [-0.2, -0.15) is 0 Å². The summed E-state index contributed by atoms with van der Waals surface area (Å²) in [5.41, 5.74) is -0.748. The van der Waals surface area contributed by atoms with E-state index >= 15 is 0 Å². The number of benzene rings is 2. The van der Waals surface area contributed by atoms with Crippen molar-refractivity contribution in [3.63, 3.8) is 0 Å². The zero-order chi connectivity index (χ0) is 26.5. The van der Waals surface area contributed by atoms with Crippen molar-refractivity contribution in [2.45, 2.75) is 52.2 Å². The van der Waals surface area contributed by atoms with Gasteiger partial charge in [0.25, 0.3) is 6.47 Å². The summed E-state index contributed by atoms with van der Waals surface area (Å²) >= 11 is 0. The van der Waals surface area contributed by atoms with E-state index < -0.39 is 22.6 Å². The molecule has 192 valence electrons. The van der Waals surface area contributed by atoms with Crippen LogP contribution in [0.3, 0.4) is 0 Å². The minimum absolute atomic E-state index is 0.0229. The standard InChI is InChI=1S/C27H30O9/c1-26(2,3)36-23(30)15-33-18-8-6-17(7-9-18)20-14-34-22-13-19(12-21(29)24(22)25(20)31)32-11-10-27(4,5)35-16-28/h6-9,12-14,16,29H,10-11,15H2,1-5H3. The molecule has 36 heavy (non-hydrogen) atoms. The number of carbonyl (C=O) groups is 2. The van der Waals surface area contributed by atoms with Crippen LogP contribution in [0.2, 0.25) is 0 Å². The van der Waals surface area contributed by atoms with E-state index in [1.54, 1.807) is 58.9 Å². The number of phenolic OH excluding ortho intramolecular Hbond substituents is 1. The Morgan fingerprint density at radius 3 is 2.36 bits per heavy atom. The number of aromatic hydroxyl groups is 1. The molecular weight excluding hydrogens is 468 g/mol. The van der Waals surface area contributed by atoms with Gasteiger partial charge in [-0.3, -0.25) is 9.59 Å². The van der Waals surface area contributed by atoms with E-state index in [1.807, 2.05) is 0 Å². The lowest BCUT2D eigenvalue weighted by Gasteiger charge is -2.22. The van der Waals surface area contributed by atoms with Gasteiger partial charge < -0.3 is 28.5 Å². The molecule has 9 nitrogen and oxygen atoms in total. The molecule has 0 unspecified atom stereocenters. The van der Waals surface area contributed by atoms with E-state index in [9.17, 15) is 19.5 Å². The first-order valence-corrected chi connectivity index (χ1v) is 11.4. The molecule has 3 rings (SSSR count). The molecule has 2 aromatic carbocycles. The van der Waals surface area contributed by atoms with Crippen LogP contribution in [-0.4, -0.2) is 42.0 Å². The van der Waals surface area contributed by atoms with Crippen molar-refractivity contribution in [1.29, 1.82) is 0 Å². The number of hydrogen-bond acceptors (Lipinski definition) is 9. The van der Waals surface area contributed by atoms with Gasteiger partial charge in [0.05, 0.1) is 12.2 Å². The third-order valence-corrected chi connectivity index (χ3v) is 5.11. The van der Waals surface area contributed by atoms with Crippen molar-refractivity contribution in [2.75, 3.05) is 13.2 Å². The van der Waals surface area contributed by atoms with Crippen LogP contribution >= 0.6 is 0 Å². The Bertz CT molecular complexity index is 1280. The molecule has 0 fully saturated rings. The van der Waals surface area contributed by atoms with Crippen molar-refractivity contribution >= 4 is 23.4 Å². The number of ether oxygens (including phenoxy) is 4. The topological polar surface area (TPSA) is 122 Å². The highest BCUT2D eigenvalue weighted by Gasteiger charge is 2.20. The Balaban J connectivity index is 1.74. The third kappa shape index (κ3) is 7.00. The number of esters is 1. The fourth-order valence-electron chi connectivity index (χ4n) is 3.34. The predicted octanol–water partition coefficient (Wildman–Crippen LogP) is 4.61. The third-order valence-electron chi connectivity index (χ3n) is 5.11. The molecule has 0 radical (unpaired) electrons. The van der Waals surface area contributed by atoms with Gasteiger partial charge >= 0.3 is 5.97 Å². The molecule has 1 aromatic heterocycles. The van der Waals surface area contributed by atoms with Gasteiger partial charge in [0, 0.05) is 18.6 Å². The minimum Gasteiger partial charge on any atom is -0.507 e. The van der Waals surface area contributed by atoms with E-state index in [-0.39, 0.29) is 35.5 Å². The first-order chi connectivity index (χ1) is 16.9. The minimum atomic E-state index is -0.696.